The Hall–Kier alpha value is -11.7. The average molecular weight is 1680 g/mol. The van der Waals surface area contributed by atoms with Crippen molar-refractivity contribution in [1.29, 1.82) is 0 Å². The summed E-state index contributed by atoms with van der Waals surface area (Å²) < 4.78 is 19.5. The fraction of sp³-hybridized carbons (Fsp3) is 0.0926. The number of aromatic amines is 1. The van der Waals surface area contributed by atoms with Crippen molar-refractivity contribution in [2.24, 2.45) is 0 Å². The second kappa shape index (κ2) is 38.5. The Kier molecular flexibility index (Phi) is 26.3. The van der Waals surface area contributed by atoms with E-state index in [2.05, 4.69) is 399 Å². The van der Waals surface area contributed by atoms with Gasteiger partial charge in [0.25, 0.3) is 0 Å². The zero-order valence-electron chi connectivity index (χ0n) is 67.5. The predicted molar refractivity (Wildman–Crippen MR) is 510 cm³/mol. The van der Waals surface area contributed by atoms with Crippen LogP contribution >= 0.6 is 31.7 Å². The summed E-state index contributed by atoms with van der Waals surface area (Å²) >= 11 is 0. The Balaban J connectivity index is 0.000000127. The molecule has 0 saturated carbocycles. The molecular formula is C108H93CuN4O3P4+2. The number of rotatable bonds is 14. The third-order valence-electron chi connectivity index (χ3n) is 22.3. The van der Waals surface area contributed by atoms with Gasteiger partial charge >= 0.3 is 17.1 Å². The summed E-state index contributed by atoms with van der Waals surface area (Å²) in [7, 11) is -4.29. The molecule has 1 N–H and O–H groups in total. The zero-order valence-corrected chi connectivity index (χ0v) is 72.2. The number of hydrogen-bond donors (Lipinski definition) is 1. The molecule has 1 saturated heterocycles. The van der Waals surface area contributed by atoms with Crippen molar-refractivity contribution >= 4 is 117 Å². The van der Waals surface area contributed by atoms with E-state index in [0.717, 1.165) is 75.1 Å². The van der Waals surface area contributed by atoms with Crippen molar-refractivity contribution in [2.45, 2.75) is 51.4 Å². The van der Waals surface area contributed by atoms with E-state index >= 15 is 0 Å². The Morgan fingerprint density at radius 1 is 0.325 bits per heavy atom. The molecule has 7 nitrogen and oxygen atoms in total. The summed E-state index contributed by atoms with van der Waals surface area (Å²) in [6.07, 6.45) is 9.96. The number of H-pyrrole nitrogens is 1. The molecule has 0 amide bonds. The minimum Gasteiger partial charge on any atom is -0.663 e. The van der Waals surface area contributed by atoms with Gasteiger partial charge in [-0.3, -0.25) is 9.97 Å². The van der Waals surface area contributed by atoms with Gasteiger partial charge in [0.15, 0.2) is 11.5 Å². The third-order valence-corrected chi connectivity index (χ3v) is 32.7. The smallest absolute Gasteiger partial charge is 0.663 e. The molecule has 0 bridgehead atoms. The quantitative estimate of drug-likeness (QED) is 0.0863. The van der Waals surface area contributed by atoms with Crippen molar-refractivity contribution in [3.8, 4) is 45.5 Å². The predicted octanol–water partition coefficient (Wildman–Crippen LogP) is 21.6. The van der Waals surface area contributed by atoms with Crippen LogP contribution in [-0.4, -0.2) is 28.2 Å². The van der Waals surface area contributed by atoms with Crippen molar-refractivity contribution < 1.29 is 31.3 Å². The maximum Gasteiger partial charge on any atom is 1.00 e. The Morgan fingerprint density at radius 3 is 1.05 bits per heavy atom. The van der Waals surface area contributed by atoms with Gasteiger partial charge in [0, 0.05) is 86.4 Å². The van der Waals surface area contributed by atoms with Gasteiger partial charge in [0.2, 0.25) is 0 Å². The van der Waals surface area contributed by atoms with Crippen molar-refractivity contribution in [1.82, 2.24) is 19.9 Å². The van der Waals surface area contributed by atoms with Crippen LogP contribution in [0.15, 0.2) is 425 Å². The van der Waals surface area contributed by atoms with E-state index in [1.807, 2.05) is 67.1 Å². The van der Waals surface area contributed by atoms with Crippen molar-refractivity contribution in [2.75, 3.05) is 13.2 Å². The van der Waals surface area contributed by atoms with Gasteiger partial charge in [0.1, 0.15) is 59.2 Å². The van der Waals surface area contributed by atoms with Gasteiger partial charge in [-0.2, -0.15) is 6.20 Å². The van der Waals surface area contributed by atoms with Gasteiger partial charge in [0.05, 0.1) is 16.9 Å². The molecule has 18 aromatic rings. The summed E-state index contributed by atoms with van der Waals surface area (Å²) in [4.78, 5) is 16.3. The van der Waals surface area contributed by atoms with Crippen LogP contribution in [0.25, 0.3) is 44.3 Å². The Morgan fingerprint density at radius 2 is 0.667 bits per heavy atom. The first kappa shape index (κ1) is 82.0. The first-order chi connectivity index (χ1) is 58.7. The molecule has 0 spiro atoms. The van der Waals surface area contributed by atoms with Crippen LogP contribution in [0.3, 0.4) is 0 Å². The number of benzene rings is 14. The number of pyridine rings is 2. The molecule has 120 heavy (non-hydrogen) atoms. The normalized spacial score (nSPS) is 13.0. The molecular weight excluding hydrogens is 1590 g/mol. The maximum atomic E-state index is 7.27. The van der Waals surface area contributed by atoms with Crippen LogP contribution in [0.5, 0.6) is 23.0 Å². The van der Waals surface area contributed by atoms with Crippen LogP contribution in [-0.2, 0) is 32.6 Å². The molecule has 12 heteroatoms. The van der Waals surface area contributed by atoms with Crippen LogP contribution in [0.2, 0.25) is 0 Å². The summed E-state index contributed by atoms with van der Waals surface area (Å²) in [5.74, 6) is 4.09. The molecule has 0 unspecified atom stereocenters. The SMILES string of the molecule is C1CCOC1.CC1(C)c2cccc(P(c3ccccc3)c3ccccc3)c2Oc2c(P(c3ccccc3)c3ccccc3)cccc21.CC1(C)c2cccc([PH+](c3ccccc3)c3ccccc3)c2Oc2c([PH+](c3ccccc3)c3ccccc3)cccc21.[Cu+].c1ccc(-c2cccc3cc[n-]c23)nc1.c1ccc(-c2cccc3cc[nH]c23)nc1. The molecule has 7 heterocycles. The van der Waals surface area contributed by atoms with Gasteiger partial charge in [-0.25, -0.2) is 0 Å². The van der Waals surface area contributed by atoms with Gasteiger partial charge in [-0.15, -0.1) is 5.52 Å². The van der Waals surface area contributed by atoms with E-state index in [-0.39, 0.29) is 27.9 Å². The number of ether oxygens (including phenoxy) is 3. The topological polar surface area (TPSA) is 83.4 Å². The molecule has 0 aliphatic carbocycles. The minimum absolute atomic E-state index is 0. The van der Waals surface area contributed by atoms with Crippen molar-refractivity contribution in [3.63, 3.8) is 0 Å². The molecule has 3 aliphatic rings. The summed E-state index contributed by atoms with van der Waals surface area (Å²) in [6.45, 7) is 11.4. The molecule has 14 aromatic carbocycles. The van der Waals surface area contributed by atoms with E-state index in [1.165, 1.54) is 104 Å². The molecule has 0 radical (unpaired) electrons. The van der Waals surface area contributed by atoms with Crippen LogP contribution in [0, 0.1) is 0 Å². The van der Waals surface area contributed by atoms with Gasteiger partial charge < -0.3 is 24.2 Å². The summed E-state index contributed by atoms with van der Waals surface area (Å²) in [6, 6.07) is 143. The number of aromatic nitrogens is 4. The van der Waals surface area contributed by atoms with Gasteiger partial charge in [-0.05, 0) is 152 Å². The van der Waals surface area contributed by atoms with E-state index in [9.17, 15) is 0 Å². The Bertz CT molecular complexity index is 5530. The van der Waals surface area contributed by atoms with Crippen LogP contribution in [0.4, 0.5) is 0 Å². The monoisotopic (exact) mass is 1680 g/mol. The number of nitrogens with zero attached hydrogens (tertiary/aromatic N) is 3. The number of hydrogen-bond acceptors (Lipinski definition) is 5. The maximum absolute atomic E-state index is 7.27. The van der Waals surface area contributed by atoms with Gasteiger partial charge in [-0.1, -0.05) is 337 Å². The minimum atomic E-state index is -1.32. The van der Waals surface area contributed by atoms with E-state index in [1.54, 1.807) is 6.20 Å². The van der Waals surface area contributed by atoms with Crippen molar-refractivity contribution in [3.05, 3.63) is 447 Å². The third kappa shape index (κ3) is 17.8. The van der Waals surface area contributed by atoms with E-state index in [0.29, 0.717) is 0 Å². The molecule has 592 valence electrons. The molecule has 21 rings (SSSR count). The molecule has 0 atom stereocenters. The first-order valence-electron chi connectivity index (χ1n) is 40.8. The molecule has 1 fully saturated rings. The number of nitrogens with one attached hydrogen (secondary N) is 1. The standard InChI is InChI=1S/2C39H32OP2.C13H10N2.C13H9N2.C4H8O.Cu/c2*1-39(2)33-25-15-27-35(41(29-17-7-3-8-18-29)30-19-9-4-10-20-30)37(33)40-38-34(39)26-16-28-36(38)42(31-21-11-5-12-22-31)32-23-13-6-14-24-32;2*1-2-8-14-12(6-1)11-5-3-4-10-7-9-15-13(10)11;1-2-4-5-3-1;/h2*3-28H,1-2H3;1-9,15H;1-9H;1-4H2;/q;;;-1;;+1/p+2. The fourth-order valence-corrected chi connectivity index (χ4v) is 26.6. The second-order valence-electron chi connectivity index (χ2n) is 30.5. The second-order valence-corrected chi connectivity index (χ2v) is 39.8. The summed E-state index contributed by atoms with van der Waals surface area (Å²) in [5, 5.41) is 18.3. The van der Waals surface area contributed by atoms with Crippen LogP contribution < -0.4 is 78.1 Å². The number of para-hydroxylation sites is 6. The van der Waals surface area contributed by atoms with E-state index < -0.39 is 31.7 Å². The summed E-state index contributed by atoms with van der Waals surface area (Å²) in [5.41, 5.74) is 11.0. The zero-order chi connectivity index (χ0) is 80.8. The first-order valence-corrected chi connectivity index (χ1v) is 46.5. The average Bonchev–Trinajstić information content (AvgIpc) is 0.814. The fourth-order valence-electron chi connectivity index (χ4n) is 16.4. The number of fused-ring (bicyclic) bond motifs is 6. The molecule has 4 aromatic heterocycles. The molecule has 3 aliphatic heterocycles. The van der Waals surface area contributed by atoms with E-state index in [4.69, 9.17) is 14.2 Å². The van der Waals surface area contributed by atoms with Crippen LogP contribution in [0.1, 0.15) is 62.8 Å². The Labute approximate surface area is 720 Å². The largest absolute Gasteiger partial charge is 1.00 e.